The zero-order valence-corrected chi connectivity index (χ0v) is 15.7. The van der Waals surface area contributed by atoms with Crippen molar-refractivity contribution in [2.75, 3.05) is 13.1 Å². The SMILES string of the molecule is Cc1cc(S(=O)(=O)c2ccc(O)c(C(C)C)c2)ccc1C1CCNC1. The van der Waals surface area contributed by atoms with Gasteiger partial charge in [0.2, 0.25) is 9.84 Å². The fourth-order valence-corrected chi connectivity index (χ4v) is 4.87. The zero-order chi connectivity index (χ0) is 18.2. The van der Waals surface area contributed by atoms with Crippen LogP contribution >= 0.6 is 0 Å². The molecular weight excluding hydrogens is 334 g/mol. The molecule has 1 aliphatic rings. The Morgan fingerprint density at radius 1 is 1.12 bits per heavy atom. The number of phenolic OH excluding ortho intramolecular Hbond substituents is 1. The predicted molar refractivity (Wildman–Crippen MR) is 99.1 cm³/mol. The lowest BCUT2D eigenvalue weighted by atomic mass is 9.94. The lowest BCUT2D eigenvalue weighted by Gasteiger charge is -2.15. The molecule has 1 heterocycles. The minimum absolute atomic E-state index is 0.0501. The average molecular weight is 359 g/mol. The number of aromatic hydroxyl groups is 1. The van der Waals surface area contributed by atoms with Gasteiger partial charge in [0.25, 0.3) is 0 Å². The molecule has 2 aromatic rings. The van der Waals surface area contributed by atoms with Crippen LogP contribution in [-0.4, -0.2) is 26.6 Å². The van der Waals surface area contributed by atoms with Crippen LogP contribution in [0.15, 0.2) is 46.2 Å². The van der Waals surface area contributed by atoms with Crippen molar-refractivity contribution < 1.29 is 13.5 Å². The van der Waals surface area contributed by atoms with Crippen molar-refractivity contribution in [3.05, 3.63) is 53.1 Å². The highest BCUT2D eigenvalue weighted by molar-refractivity contribution is 7.91. The van der Waals surface area contributed by atoms with E-state index in [9.17, 15) is 13.5 Å². The molecule has 25 heavy (non-hydrogen) atoms. The maximum Gasteiger partial charge on any atom is 0.206 e. The number of rotatable bonds is 4. The summed E-state index contributed by atoms with van der Waals surface area (Å²) in [5.41, 5.74) is 2.88. The topological polar surface area (TPSA) is 66.4 Å². The van der Waals surface area contributed by atoms with E-state index < -0.39 is 9.84 Å². The van der Waals surface area contributed by atoms with Gasteiger partial charge in [-0.15, -0.1) is 0 Å². The Morgan fingerprint density at radius 3 is 2.40 bits per heavy atom. The van der Waals surface area contributed by atoms with Crippen molar-refractivity contribution >= 4 is 9.84 Å². The summed E-state index contributed by atoms with van der Waals surface area (Å²) < 4.78 is 26.0. The van der Waals surface area contributed by atoms with Gasteiger partial charge in [-0.1, -0.05) is 19.9 Å². The van der Waals surface area contributed by atoms with E-state index in [1.165, 1.54) is 17.7 Å². The summed E-state index contributed by atoms with van der Waals surface area (Å²) in [6, 6.07) is 9.94. The van der Waals surface area contributed by atoms with Crippen molar-refractivity contribution in [3.8, 4) is 5.75 Å². The number of benzene rings is 2. The summed E-state index contributed by atoms with van der Waals surface area (Å²) in [5.74, 6) is 0.640. The van der Waals surface area contributed by atoms with Gasteiger partial charge in [0.05, 0.1) is 9.79 Å². The van der Waals surface area contributed by atoms with Gasteiger partial charge in [0, 0.05) is 6.54 Å². The van der Waals surface area contributed by atoms with E-state index in [4.69, 9.17) is 0 Å². The molecule has 1 atom stereocenters. The second-order valence-corrected chi connectivity index (χ2v) is 9.04. The van der Waals surface area contributed by atoms with Crippen molar-refractivity contribution in [1.29, 1.82) is 0 Å². The third kappa shape index (κ3) is 3.44. The molecule has 4 nitrogen and oxygen atoms in total. The summed E-state index contributed by atoms with van der Waals surface area (Å²) in [4.78, 5) is 0.531. The Morgan fingerprint density at radius 2 is 1.80 bits per heavy atom. The Bertz CT molecular complexity index is 882. The smallest absolute Gasteiger partial charge is 0.206 e. The van der Waals surface area contributed by atoms with Crippen molar-refractivity contribution in [2.24, 2.45) is 0 Å². The van der Waals surface area contributed by atoms with Gasteiger partial charge in [0.1, 0.15) is 5.75 Å². The molecule has 0 saturated carbocycles. The summed E-state index contributed by atoms with van der Waals surface area (Å²) in [7, 11) is -3.60. The van der Waals surface area contributed by atoms with E-state index in [1.54, 1.807) is 18.2 Å². The van der Waals surface area contributed by atoms with Crippen LogP contribution in [0.1, 0.15) is 48.8 Å². The first-order valence-corrected chi connectivity index (χ1v) is 10.2. The van der Waals surface area contributed by atoms with Gasteiger partial charge in [-0.05, 0) is 78.7 Å². The van der Waals surface area contributed by atoms with E-state index >= 15 is 0 Å². The first kappa shape index (κ1) is 18.0. The van der Waals surface area contributed by atoms with Crippen LogP contribution in [0.2, 0.25) is 0 Å². The fourth-order valence-electron chi connectivity index (χ4n) is 3.49. The average Bonchev–Trinajstić information content (AvgIpc) is 3.08. The fraction of sp³-hybridized carbons (Fsp3) is 0.400. The monoisotopic (exact) mass is 359 g/mol. The largest absolute Gasteiger partial charge is 0.508 e. The first-order chi connectivity index (χ1) is 11.8. The second kappa shape index (κ2) is 6.81. The highest BCUT2D eigenvalue weighted by atomic mass is 32.2. The summed E-state index contributed by atoms with van der Waals surface area (Å²) in [6.07, 6.45) is 1.09. The molecule has 0 aromatic heterocycles. The quantitative estimate of drug-likeness (QED) is 0.873. The van der Waals surface area contributed by atoms with Crippen LogP contribution in [-0.2, 0) is 9.84 Å². The molecule has 0 radical (unpaired) electrons. The number of hydrogen-bond acceptors (Lipinski definition) is 4. The van der Waals surface area contributed by atoms with Crippen LogP contribution in [0.3, 0.4) is 0 Å². The number of hydrogen-bond donors (Lipinski definition) is 2. The highest BCUT2D eigenvalue weighted by Gasteiger charge is 2.23. The standard InChI is InChI=1S/C20H25NO3S/c1-13(2)19-11-17(5-7-20(19)22)25(23,24)16-4-6-18(14(3)10-16)15-8-9-21-12-15/h4-7,10-11,13,15,21-22H,8-9,12H2,1-3H3. The number of phenols is 1. The summed E-state index contributed by atoms with van der Waals surface area (Å²) in [6.45, 7) is 7.79. The van der Waals surface area contributed by atoms with E-state index in [2.05, 4.69) is 5.32 Å². The number of aryl methyl sites for hydroxylation is 1. The summed E-state index contributed by atoms with van der Waals surface area (Å²) >= 11 is 0. The maximum atomic E-state index is 13.0. The third-order valence-corrected chi connectivity index (χ3v) is 6.73. The molecule has 3 rings (SSSR count). The molecule has 2 N–H and O–H groups in total. The molecule has 0 amide bonds. The number of nitrogens with one attached hydrogen (secondary N) is 1. The highest BCUT2D eigenvalue weighted by Crippen LogP contribution is 2.32. The molecule has 0 spiro atoms. The molecule has 1 unspecified atom stereocenters. The zero-order valence-electron chi connectivity index (χ0n) is 14.9. The lowest BCUT2D eigenvalue weighted by Crippen LogP contribution is -2.09. The molecule has 1 fully saturated rings. The van der Waals surface area contributed by atoms with E-state index in [-0.39, 0.29) is 16.6 Å². The molecule has 0 bridgehead atoms. The molecular formula is C20H25NO3S. The van der Waals surface area contributed by atoms with Crippen LogP contribution in [0.4, 0.5) is 0 Å². The minimum atomic E-state index is -3.60. The molecule has 0 aliphatic carbocycles. The van der Waals surface area contributed by atoms with Crippen molar-refractivity contribution in [1.82, 2.24) is 5.32 Å². The van der Waals surface area contributed by atoms with Gasteiger partial charge >= 0.3 is 0 Å². The summed E-state index contributed by atoms with van der Waals surface area (Å²) in [5, 5.41) is 13.3. The number of sulfone groups is 1. The van der Waals surface area contributed by atoms with E-state index in [0.29, 0.717) is 16.4 Å². The maximum absolute atomic E-state index is 13.0. The van der Waals surface area contributed by atoms with Gasteiger partial charge in [-0.3, -0.25) is 0 Å². The molecule has 5 heteroatoms. The van der Waals surface area contributed by atoms with E-state index in [0.717, 1.165) is 25.1 Å². The van der Waals surface area contributed by atoms with Crippen molar-refractivity contribution in [2.45, 2.75) is 48.8 Å². The molecule has 1 aliphatic heterocycles. The Hall–Kier alpha value is -1.85. The minimum Gasteiger partial charge on any atom is -0.508 e. The predicted octanol–water partition coefficient (Wildman–Crippen LogP) is 3.73. The van der Waals surface area contributed by atoms with Crippen LogP contribution in [0.5, 0.6) is 5.75 Å². The van der Waals surface area contributed by atoms with Crippen LogP contribution < -0.4 is 5.32 Å². The Labute approximate surface area is 149 Å². The Kier molecular flexibility index (Phi) is 4.89. The van der Waals surface area contributed by atoms with Gasteiger partial charge in [0.15, 0.2) is 0 Å². The molecule has 1 saturated heterocycles. The van der Waals surface area contributed by atoms with Crippen LogP contribution in [0, 0.1) is 6.92 Å². The van der Waals surface area contributed by atoms with Gasteiger partial charge < -0.3 is 10.4 Å². The first-order valence-electron chi connectivity index (χ1n) is 8.70. The lowest BCUT2D eigenvalue weighted by molar-refractivity contribution is 0.464. The van der Waals surface area contributed by atoms with Gasteiger partial charge in [-0.2, -0.15) is 0 Å². The third-order valence-electron chi connectivity index (χ3n) is 4.98. The van der Waals surface area contributed by atoms with Crippen molar-refractivity contribution in [3.63, 3.8) is 0 Å². The molecule has 134 valence electrons. The van der Waals surface area contributed by atoms with E-state index in [1.807, 2.05) is 26.8 Å². The van der Waals surface area contributed by atoms with Gasteiger partial charge in [-0.25, -0.2) is 8.42 Å². The second-order valence-electron chi connectivity index (χ2n) is 7.09. The van der Waals surface area contributed by atoms with Crippen LogP contribution in [0.25, 0.3) is 0 Å². The Balaban J connectivity index is 2.00. The molecule has 2 aromatic carbocycles. The normalized spacial score (nSPS) is 18.0.